The quantitative estimate of drug-likeness (QED) is 0.731. The second kappa shape index (κ2) is 4.12. The average Bonchev–Trinajstić information content (AvgIpc) is 3.15. The van der Waals surface area contributed by atoms with E-state index < -0.39 is 0 Å². The lowest BCUT2D eigenvalue weighted by Crippen LogP contribution is -2.51. The molecule has 0 aromatic heterocycles. The van der Waals surface area contributed by atoms with E-state index in [0.29, 0.717) is 18.0 Å². The minimum absolute atomic E-state index is 0.299. The summed E-state index contributed by atoms with van der Waals surface area (Å²) in [6.07, 6.45) is 7.32. The van der Waals surface area contributed by atoms with Crippen LogP contribution in [0.2, 0.25) is 0 Å². The van der Waals surface area contributed by atoms with E-state index in [1.54, 1.807) is 6.08 Å². The Bertz CT molecular complexity index is 344. The first-order valence-electron chi connectivity index (χ1n) is 6.23. The fourth-order valence-electron chi connectivity index (χ4n) is 2.35. The molecule has 1 aliphatic carbocycles. The number of aliphatic hydroxyl groups excluding tert-OH is 1. The Morgan fingerprint density at radius 1 is 1.35 bits per heavy atom. The number of ether oxygens (including phenoxy) is 2. The van der Waals surface area contributed by atoms with Crippen LogP contribution in [0, 0.1) is 0 Å². The molecule has 3 rings (SSSR count). The molecule has 2 fully saturated rings. The van der Waals surface area contributed by atoms with Crippen molar-refractivity contribution >= 4 is 0 Å². The van der Waals surface area contributed by atoms with Gasteiger partial charge in [0.25, 0.3) is 0 Å². The Morgan fingerprint density at radius 3 is 2.41 bits per heavy atom. The molecule has 3 aliphatic rings. The fourth-order valence-corrected chi connectivity index (χ4v) is 2.35. The van der Waals surface area contributed by atoms with Gasteiger partial charge in [0.1, 0.15) is 5.76 Å². The summed E-state index contributed by atoms with van der Waals surface area (Å²) in [6, 6.07) is 0. The zero-order valence-corrected chi connectivity index (χ0v) is 10.1. The largest absolute Gasteiger partial charge is 0.510 e. The summed E-state index contributed by atoms with van der Waals surface area (Å²) in [4.78, 5) is 2.30. The van der Waals surface area contributed by atoms with Crippen LogP contribution < -0.4 is 0 Å². The lowest BCUT2D eigenvalue weighted by Gasteiger charge is -2.41. The topological polar surface area (TPSA) is 48.5 Å². The maximum atomic E-state index is 10.2. The zero-order chi connectivity index (χ0) is 11.9. The molecule has 0 aromatic carbocycles. The third-order valence-electron chi connectivity index (χ3n) is 3.81. The fraction of sp³-hybridized carbons (Fsp3) is 0.692. The minimum Gasteiger partial charge on any atom is -0.510 e. The third-order valence-corrected chi connectivity index (χ3v) is 3.81. The van der Waals surface area contributed by atoms with Crippen LogP contribution in [0.5, 0.6) is 0 Å². The molecule has 0 bridgehead atoms. The molecule has 1 N–H and O–H groups in total. The predicted octanol–water partition coefficient (Wildman–Crippen LogP) is 1.25. The van der Waals surface area contributed by atoms with Gasteiger partial charge in [-0.3, -0.25) is 4.90 Å². The average molecular weight is 237 g/mol. The number of hydrogen-bond acceptors (Lipinski definition) is 4. The van der Waals surface area contributed by atoms with Crippen LogP contribution >= 0.6 is 0 Å². The van der Waals surface area contributed by atoms with Crippen molar-refractivity contribution in [3.8, 4) is 0 Å². The van der Waals surface area contributed by atoms with Gasteiger partial charge in [-0.25, -0.2) is 0 Å². The highest BCUT2D eigenvalue weighted by atomic mass is 16.6. The monoisotopic (exact) mass is 237 g/mol. The summed E-state index contributed by atoms with van der Waals surface area (Å²) in [5, 5.41) is 10.2. The molecule has 4 heteroatoms. The van der Waals surface area contributed by atoms with Gasteiger partial charge in [-0.05, 0) is 19.4 Å². The molecule has 0 aromatic rings. The van der Waals surface area contributed by atoms with Crippen molar-refractivity contribution in [1.82, 2.24) is 4.90 Å². The lowest BCUT2D eigenvalue weighted by molar-refractivity contribution is 0.0769. The predicted molar refractivity (Wildman–Crippen MR) is 63.9 cm³/mol. The summed E-state index contributed by atoms with van der Waals surface area (Å²) in [7, 11) is 0. The van der Waals surface area contributed by atoms with Crippen LogP contribution in [0.3, 0.4) is 0 Å². The standard InChI is InChI=1S/C13H19NO3/c1-13(5-3-2-4-12(13)15)14(6-10-8-16-10)7-11-9-17-11/h2-4,10-11,15H,5-9H2,1H3. The van der Waals surface area contributed by atoms with Crippen LogP contribution in [-0.2, 0) is 9.47 Å². The Kier molecular flexibility index (Phi) is 2.73. The van der Waals surface area contributed by atoms with Crippen LogP contribution in [0.25, 0.3) is 0 Å². The Morgan fingerprint density at radius 2 is 1.94 bits per heavy atom. The van der Waals surface area contributed by atoms with E-state index in [0.717, 1.165) is 32.7 Å². The first-order valence-corrected chi connectivity index (χ1v) is 6.23. The summed E-state index contributed by atoms with van der Waals surface area (Å²) in [6.45, 7) is 5.54. The Balaban J connectivity index is 1.74. The Labute approximate surface area is 102 Å². The summed E-state index contributed by atoms with van der Waals surface area (Å²) in [5.74, 6) is 0.446. The number of nitrogens with zero attached hydrogens (tertiary/aromatic N) is 1. The van der Waals surface area contributed by atoms with E-state index in [9.17, 15) is 5.11 Å². The molecule has 2 aliphatic heterocycles. The van der Waals surface area contributed by atoms with Crippen LogP contribution in [0.15, 0.2) is 24.0 Å². The van der Waals surface area contributed by atoms with Crippen LogP contribution in [0.1, 0.15) is 13.3 Å². The minimum atomic E-state index is -0.299. The van der Waals surface area contributed by atoms with E-state index in [1.807, 2.05) is 6.08 Å². The van der Waals surface area contributed by atoms with Crippen molar-refractivity contribution < 1.29 is 14.6 Å². The molecule has 4 nitrogen and oxygen atoms in total. The summed E-state index contributed by atoms with van der Waals surface area (Å²) < 4.78 is 10.6. The zero-order valence-electron chi connectivity index (χ0n) is 10.1. The normalized spacial score (nSPS) is 39.3. The first-order chi connectivity index (χ1) is 8.18. The van der Waals surface area contributed by atoms with E-state index in [4.69, 9.17) is 9.47 Å². The van der Waals surface area contributed by atoms with Gasteiger partial charge in [-0.1, -0.05) is 12.2 Å². The van der Waals surface area contributed by atoms with E-state index in [1.165, 1.54) is 0 Å². The molecule has 94 valence electrons. The number of epoxide rings is 2. The van der Waals surface area contributed by atoms with E-state index in [2.05, 4.69) is 17.9 Å². The van der Waals surface area contributed by atoms with Gasteiger partial charge in [0.05, 0.1) is 31.0 Å². The molecule has 3 unspecified atom stereocenters. The number of rotatable bonds is 5. The van der Waals surface area contributed by atoms with Crippen molar-refractivity contribution in [2.24, 2.45) is 0 Å². The molecule has 0 radical (unpaired) electrons. The molecule has 17 heavy (non-hydrogen) atoms. The Hall–Kier alpha value is -0.840. The molecule has 0 amide bonds. The molecule has 2 heterocycles. The van der Waals surface area contributed by atoms with Crippen LogP contribution in [-0.4, -0.2) is 54.1 Å². The van der Waals surface area contributed by atoms with Gasteiger partial charge in [0.15, 0.2) is 0 Å². The SMILES string of the molecule is CC1(N(CC2CO2)CC2CO2)CC=CC=C1O. The second-order valence-corrected chi connectivity index (χ2v) is 5.27. The van der Waals surface area contributed by atoms with Crippen molar-refractivity contribution in [1.29, 1.82) is 0 Å². The highest BCUT2D eigenvalue weighted by molar-refractivity contribution is 5.25. The second-order valence-electron chi connectivity index (χ2n) is 5.27. The van der Waals surface area contributed by atoms with Gasteiger partial charge < -0.3 is 14.6 Å². The van der Waals surface area contributed by atoms with Crippen molar-refractivity contribution in [3.05, 3.63) is 24.0 Å². The van der Waals surface area contributed by atoms with E-state index >= 15 is 0 Å². The first kappa shape index (κ1) is 11.3. The van der Waals surface area contributed by atoms with Crippen molar-refractivity contribution in [2.75, 3.05) is 26.3 Å². The molecule has 2 saturated heterocycles. The maximum Gasteiger partial charge on any atom is 0.113 e. The molecular weight excluding hydrogens is 218 g/mol. The molecule has 0 saturated carbocycles. The lowest BCUT2D eigenvalue weighted by atomic mass is 9.88. The number of aliphatic hydroxyl groups is 1. The number of allylic oxidation sites excluding steroid dienone is 2. The number of hydrogen-bond donors (Lipinski definition) is 1. The summed E-state index contributed by atoms with van der Waals surface area (Å²) >= 11 is 0. The molecular formula is C13H19NO3. The third kappa shape index (κ3) is 2.39. The summed E-state index contributed by atoms with van der Waals surface area (Å²) in [5.41, 5.74) is -0.299. The van der Waals surface area contributed by atoms with E-state index in [-0.39, 0.29) is 5.54 Å². The highest BCUT2D eigenvalue weighted by Gasteiger charge is 2.42. The van der Waals surface area contributed by atoms with Crippen molar-refractivity contribution in [3.63, 3.8) is 0 Å². The highest BCUT2D eigenvalue weighted by Crippen LogP contribution is 2.33. The van der Waals surface area contributed by atoms with Gasteiger partial charge in [0.2, 0.25) is 0 Å². The molecule has 3 atom stereocenters. The van der Waals surface area contributed by atoms with Gasteiger partial charge in [-0.15, -0.1) is 0 Å². The molecule has 0 spiro atoms. The smallest absolute Gasteiger partial charge is 0.113 e. The van der Waals surface area contributed by atoms with Crippen molar-refractivity contribution in [2.45, 2.75) is 31.1 Å². The van der Waals surface area contributed by atoms with Gasteiger partial charge in [-0.2, -0.15) is 0 Å². The van der Waals surface area contributed by atoms with Crippen LogP contribution in [0.4, 0.5) is 0 Å². The maximum absolute atomic E-state index is 10.2. The van der Waals surface area contributed by atoms with Gasteiger partial charge in [0, 0.05) is 13.1 Å². The van der Waals surface area contributed by atoms with Gasteiger partial charge >= 0.3 is 0 Å².